The van der Waals surface area contributed by atoms with Crippen LogP contribution >= 0.6 is 0 Å². The molecular weight excluding hydrogens is 186 g/mol. The van der Waals surface area contributed by atoms with E-state index in [2.05, 4.69) is 21.4 Å². The minimum absolute atomic E-state index is 0.335. The Kier molecular flexibility index (Phi) is 5.36. The molecule has 1 unspecified atom stereocenters. The van der Waals surface area contributed by atoms with Crippen molar-refractivity contribution in [3.63, 3.8) is 0 Å². The zero-order valence-corrected chi connectivity index (χ0v) is 8.62. The Balaban J connectivity index is 4.31. The highest BCUT2D eigenvalue weighted by atomic mass is 16.5. The number of hydrogen-bond donors (Lipinski definition) is 1. The van der Waals surface area contributed by atoms with Crippen LogP contribution in [0.25, 0.3) is 0 Å². The first-order chi connectivity index (χ1) is 6.51. The number of esters is 1. The SMILES string of the molecule is C=C(C)CC(NC(=O)OC)C(=O)OC. The molecular formula is C9H15NO4. The van der Waals surface area contributed by atoms with Crippen molar-refractivity contribution in [2.75, 3.05) is 14.2 Å². The van der Waals surface area contributed by atoms with Gasteiger partial charge in [0, 0.05) is 0 Å². The van der Waals surface area contributed by atoms with Gasteiger partial charge in [-0.3, -0.25) is 0 Å². The van der Waals surface area contributed by atoms with Crippen LogP contribution in [0.15, 0.2) is 12.2 Å². The molecule has 0 saturated heterocycles. The Morgan fingerprint density at radius 1 is 1.36 bits per heavy atom. The molecule has 1 atom stereocenters. The minimum Gasteiger partial charge on any atom is -0.467 e. The Labute approximate surface area is 83.1 Å². The number of carbonyl (C=O) groups excluding carboxylic acids is 2. The lowest BCUT2D eigenvalue weighted by Crippen LogP contribution is -2.41. The molecule has 0 spiro atoms. The van der Waals surface area contributed by atoms with Crippen LogP contribution in [0.1, 0.15) is 13.3 Å². The van der Waals surface area contributed by atoms with Crippen LogP contribution < -0.4 is 5.32 Å². The van der Waals surface area contributed by atoms with Gasteiger partial charge in [-0.2, -0.15) is 0 Å². The van der Waals surface area contributed by atoms with Crippen LogP contribution in [-0.2, 0) is 14.3 Å². The third-order valence-corrected chi connectivity index (χ3v) is 1.52. The van der Waals surface area contributed by atoms with Crippen LogP contribution in [0, 0.1) is 0 Å². The second-order valence-corrected chi connectivity index (χ2v) is 2.87. The molecule has 5 heteroatoms. The summed E-state index contributed by atoms with van der Waals surface area (Å²) in [6.07, 6.45) is -0.330. The van der Waals surface area contributed by atoms with E-state index in [9.17, 15) is 9.59 Å². The molecule has 0 saturated carbocycles. The van der Waals surface area contributed by atoms with Gasteiger partial charge in [-0.25, -0.2) is 9.59 Å². The summed E-state index contributed by atoms with van der Waals surface area (Å²) < 4.78 is 8.88. The molecule has 0 rings (SSSR count). The van der Waals surface area contributed by atoms with E-state index in [1.165, 1.54) is 14.2 Å². The monoisotopic (exact) mass is 201 g/mol. The molecule has 0 aromatic carbocycles. The number of amides is 1. The molecule has 14 heavy (non-hydrogen) atoms. The molecule has 0 aliphatic heterocycles. The van der Waals surface area contributed by atoms with E-state index in [1.54, 1.807) is 6.92 Å². The van der Waals surface area contributed by atoms with Crippen LogP contribution in [0.5, 0.6) is 0 Å². The predicted octanol–water partition coefficient (Wildman–Crippen LogP) is 0.850. The van der Waals surface area contributed by atoms with Gasteiger partial charge in [0.1, 0.15) is 6.04 Å². The van der Waals surface area contributed by atoms with Gasteiger partial charge in [0.25, 0.3) is 0 Å². The largest absolute Gasteiger partial charge is 0.467 e. The number of hydrogen-bond acceptors (Lipinski definition) is 4. The van der Waals surface area contributed by atoms with Crippen molar-refractivity contribution in [3.8, 4) is 0 Å². The summed E-state index contributed by atoms with van der Waals surface area (Å²) in [7, 11) is 2.48. The Bertz CT molecular complexity index is 237. The van der Waals surface area contributed by atoms with Crippen molar-refractivity contribution in [2.24, 2.45) is 0 Å². The molecule has 0 aliphatic carbocycles. The summed E-state index contributed by atoms with van der Waals surface area (Å²) in [6, 6.07) is -0.732. The molecule has 1 amide bonds. The molecule has 1 N–H and O–H groups in total. The molecule has 0 fully saturated rings. The second-order valence-electron chi connectivity index (χ2n) is 2.87. The van der Waals surface area contributed by atoms with Gasteiger partial charge < -0.3 is 14.8 Å². The lowest BCUT2D eigenvalue weighted by Gasteiger charge is -2.15. The summed E-state index contributed by atoms with van der Waals surface area (Å²) in [6.45, 7) is 5.40. The van der Waals surface area contributed by atoms with Gasteiger partial charge in [0.2, 0.25) is 0 Å². The van der Waals surface area contributed by atoms with Gasteiger partial charge in [-0.05, 0) is 13.3 Å². The normalized spacial score (nSPS) is 11.4. The molecule has 80 valence electrons. The third-order valence-electron chi connectivity index (χ3n) is 1.52. The van der Waals surface area contributed by atoms with E-state index in [0.29, 0.717) is 6.42 Å². The van der Waals surface area contributed by atoms with Crippen LogP contribution in [0.2, 0.25) is 0 Å². The van der Waals surface area contributed by atoms with Crippen LogP contribution in [0.4, 0.5) is 4.79 Å². The van der Waals surface area contributed by atoms with Crippen LogP contribution in [0.3, 0.4) is 0 Å². The molecule has 0 radical (unpaired) electrons. The van der Waals surface area contributed by atoms with E-state index in [4.69, 9.17) is 0 Å². The van der Waals surface area contributed by atoms with Crippen molar-refractivity contribution in [2.45, 2.75) is 19.4 Å². The first-order valence-electron chi connectivity index (χ1n) is 4.08. The van der Waals surface area contributed by atoms with E-state index in [0.717, 1.165) is 5.57 Å². The van der Waals surface area contributed by atoms with Crippen molar-refractivity contribution < 1.29 is 19.1 Å². The fourth-order valence-electron chi connectivity index (χ4n) is 0.885. The highest BCUT2D eigenvalue weighted by Gasteiger charge is 2.21. The standard InChI is InChI=1S/C9H15NO4/c1-6(2)5-7(8(11)13-3)10-9(12)14-4/h7H,1,5H2,2-4H3,(H,10,12). The number of carbonyl (C=O) groups is 2. The average Bonchev–Trinajstić information content (AvgIpc) is 2.14. The lowest BCUT2D eigenvalue weighted by atomic mass is 10.1. The molecule has 0 aromatic rings. The van der Waals surface area contributed by atoms with Gasteiger partial charge in [-0.1, -0.05) is 5.57 Å². The minimum atomic E-state index is -0.732. The number of nitrogens with one attached hydrogen (secondary N) is 1. The van der Waals surface area contributed by atoms with Crippen molar-refractivity contribution in [3.05, 3.63) is 12.2 Å². The maximum atomic E-state index is 11.2. The van der Waals surface area contributed by atoms with Crippen LogP contribution in [-0.4, -0.2) is 32.3 Å². The van der Waals surface area contributed by atoms with E-state index >= 15 is 0 Å². The zero-order chi connectivity index (χ0) is 11.1. The second kappa shape index (κ2) is 6.01. The van der Waals surface area contributed by atoms with Crippen molar-refractivity contribution in [1.29, 1.82) is 0 Å². The summed E-state index contributed by atoms with van der Waals surface area (Å²) in [5.41, 5.74) is 0.775. The van der Waals surface area contributed by atoms with Crippen molar-refractivity contribution in [1.82, 2.24) is 5.32 Å². The summed E-state index contributed by atoms with van der Waals surface area (Å²) in [5.74, 6) is -0.515. The van der Waals surface area contributed by atoms with Crippen molar-refractivity contribution >= 4 is 12.1 Å². The summed E-state index contributed by atoms with van der Waals surface area (Å²) in [5, 5.41) is 2.35. The van der Waals surface area contributed by atoms with Gasteiger partial charge in [0.05, 0.1) is 14.2 Å². The first-order valence-corrected chi connectivity index (χ1v) is 4.08. The predicted molar refractivity (Wildman–Crippen MR) is 50.8 cm³/mol. The fourth-order valence-corrected chi connectivity index (χ4v) is 0.885. The van der Waals surface area contributed by atoms with Gasteiger partial charge >= 0.3 is 12.1 Å². The summed E-state index contributed by atoms with van der Waals surface area (Å²) in [4.78, 5) is 22.0. The van der Waals surface area contributed by atoms with Gasteiger partial charge in [-0.15, -0.1) is 6.58 Å². The summed E-state index contributed by atoms with van der Waals surface area (Å²) >= 11 is 0. The smallest absolute Gasteiger partial charge is 0.407 e. The number of methoxy groups -OCH3 is 2. The average molecular weight is 201 g/mol. The first kappa shape index (κ1) is 12.5. The fraction of sp³-hybridized carbons (Fsp3) is 0.556. The van der Waals surface area contributed by atoms with Gasteiger partial charge in [0.15, 0.2) is 0 Å². The topological polar surface area (TPSA) is 64.6 Å². The molecule has 5 nitrogen and oxygen atoms in total. The highest BCUT2D eigenvalue weighted by molar-refractivity contribution is 5.81. The number of ether oxygens (including phenoxy) is 2. The molecule has 0 aromatic heterocycles. The molecule has 0 heterocycles. The third kappa shape index (κ3) is 4.49. The Morgan fingerprint density at radius 2 is 1.93 bits per heavy atom. The lowest BCUT2D eigenvalue weighted by molar-refractivity contribution is -0.142. The van der Waals surface area contributed by atoms with E-state index < -0.39 is 18.1 Å². The number of rotatable bonds is 4. The van der Waals surface area contributed by atoms with E-state index in [1.807, 2.05) is 0 Å². The molecule has 0 aliphatic rings. The number of alkyl carbamates (subject to hydrolysis) is 1. The molecule has 0 bridgehead atoms. The van der Waals surface area contributed by atoms with E-state index in [-0.39, 0.29) is 0 Å². The quantitative estimate of drug-likeness (QED) is 0.541. The maximum Gasteiger partial charge on any atom is 0.407 e. The maximum absolute atomic E-state index is 11.2. The Hall–Kier alpha value is -1.52. The Morgan fingerprint density at radius 3 is 2.29 bits per heavy atom. The zero-order valence-electron chi connectivity index (χ0n) is 8.62. The highest BCUT2D eigenvalue weighted by Crippen LogP contribution is 2.03.